The van der Waals surface area contributed by atoms with E-state index in [0.29, 0.717) is 36.4 Å². The monoisotopic (exact) mass is 787 g/mol. The van der Waals surface area contributed by atoms with Gasteiger partial charge in [-0.2, -0.15) is 21.0 Å². The number of carbonyl (C=O) groups is 3. The summed E-state index contributed by atoms with van der Waals surface area (Å²) in [6, 6.07) is 7.94. The number of carbonyl (C=O) groups excluding carboxylic acids is 3. The first-order chi connectivity index (χ1) is 27.3. The molecule has 3 rings (SSSR count). The van der Waals surface area contributed by atoms with E-state index in [1.165, 1.54) is 0 Å². The van der Waals surface area contributed by atoms with Crippen LogP contribution in [0.25, 0.3) is 9.69 Å². The molecular weight excluding hydrogens is 739 g/mol. The van der Waals surface area contributed by atoms with Crippen LogP contribution in [-0.4, -0.2) is 58.9 Å². The average Bonchev–Trinajstić information content (AvgIpc) is 3.16. The second-order valence-corrected chi connectivity index (χ2v) is 16.7. The van der Waals surface area contributed by atoms with Crippen LogP contribution in [0.1, 0.15) is 80.1 Å². The standard InChI is InChI=1S/C43H49N9O6/c1-41(2)12-26(29(18-44)33(15-41)48-7)31(20-46)38(53)56-22-25(23-57-39(54)32(21-47)27-13-42(3,4)16-34(49-8)30(27)19-45)24-58-40(55)37(52-11)28-14-43(5,6)17-35(50-9)36(28)51-10/h25,48-50H,12-17,22-24H2,1-9H3/b31-26+,32-27+,37-28-. The van der Waals surface area contributed by atoms with Gasteiger partial charge in [0.05, 0.1) is 36.8 Å². The Morgan fingerprint density at radius 2 is 0.983 bits per heavy atom. The minimum Gasteiger partial charge on any atom is -0.470 e. The van der Waals surface area contributed by atoms with Crippen LogP contribution < -0.4 is 16.0 Å². The van der Waals surface area contributed by atoms with Crippen LogP contribution in [0.3, 0.4) is 0 Å². The van der Waals surface area contributed by atoms with Crippen molar-refractivity contribution in [2.75, 3.05) is 41.0 Å². The molecule has 15 nitrogen and oxygen atoms in total. The fourth-order valence-electron chi connectivity index (χ4n) is 7.43. The van der Waals surface area contributed by atoms with E-state index in [-0.39, 0.29) is 52.8 Å². The zero-order valence-corrected chi connectivity index (χ0v) is 34.6. The predicted octanol–water partition coefficient (Wildman–Crippen LogP) is 5.85. The summed E-state index contributed by atoms with van der Waals surface area (Å²) in [6.45, 7) is 25.6. The van der Waals surface area contributed by atoms with E-state index in [2.05, 4.69) is 37.8 Å². The third-order valence-corrected chi connectivity index (χ3v) is 10.1. The molecule has 0 amide bonds. The second-order valence-electron chi connectivity index (χ2n) is 16.7. The smallest absolute Gasteiger partial charge is 0.349 e. The van der Waals surface area contributed by atoms with Gasteiger partial charge in [-0.3, -0.25) is 4.79 Å². The van der Waals surface area contributed by atoms with E-state index in [1.807, 2.05) is 53.7 Å². The van der Waals surface area contributed by atoms with Gasteiger partial charge in [0, 0.05) is 38.2 Å². The van der Waals surface area contributed by atoms with Crippen LogP contribution >= 0.6 is 0 Å². The molecule has 0 bridgehead atoms. The van der Waals surface area contributed by atoms with Crippen molar-refractivity contribution in [3.05, 3.63) is 90.3 Å². The summed E-state index contributed by atoms with van der Waals surface area (Å²) in [5.74, 6) is -4.26. The first kappa shape index (κ1) is 45.6. The fraction of sp³-hybridized carbons (Fsp3) is 0.512. The molecule has 15 heteroatoms. The number of ether oxygens (including phenoxy) is 3. The van der Waals surface area contributed by atoms with Gasteiger partial charge in [-0.1, -0.05) is 41.5 Å². The Labute approximate surface area is 340 Å². The average molecular weight is 788 g/mol. The van der Waals surface area contributed by atoms with E-state index in [4.69, 9.17) is 27.4 Å². The number of nitrogens with zero attached hydrogens (tertiary/aromatic N) is 6. The van der Waals surface area contributed by atoms with Crippen molar-refractivity contribution in [3.63, 3.8) is 0 Å². The number of allylic oxidation sites excluding steroid dienone is 8. The van der Waals surface area contributed by atoms with E-state index in [0.717, 1.165) is 0 Å². The van der Waals surface area contributed by atoms with Crippen LogP contribution in [0.15, 0.2) is 67.5 Å². The lowest BCUT2D eigenvalue weighted by Gasteiger charge is -2.33. The molecule has 58 heavy (non-hydrogen) atoms. The Bertz CT molecular complexity index is 1960. The molecular formula is C43H49N9O6. The minimum atomic E-state index is -1.08. The summed E-state index contributed by atoms with van der Waals surface area (Å²) >= 11 is 0. The Hall–Kier alpha value is -6.81. The molecule has 302 valence electrons. The maximum absolute atomic E-state index is 13.6. The first-order valence-electron chi connectivity index (χ1n) is 18.6. The molecule has 0 spiro atoms. The molecule has 0 aromatic heterocycles. The molecule has 0 fully saturated rings. The SMILES string of the molecule is [C-]#[N+]C1=C(NC)CC(C)(C)C/C1=C(/[N+]#[C-])C(=O)OCC(COC(=O)/C(C#N)=C1\CC(C)(C)CC(NC)=C1C#N)COC(=O)/C(C#N)=C1\CC(C)(C)CC(NC)=C1C#N. The van der Waals surface area contributed by atoms with Crippen molar-refractivity contribution in [2.45, 2.75) is 80.1 Å². The van der Waals surface area contributed by atoms with Crippen LogP contribution in [0.5, 0.6) is 0 Å². The second kappa shape index (κ2) is 18.9. The molecule has 0 aliphatic heterocycles. The molecule has 3 aliphatic carbocycles. The molecule has 0 aromatic rings. The van der Waals surface area contributed by atoms with Crippen LogP contribution in [0.4, 0.5) is 0 Å². The molecule has 0 aromatic carbocycles. The van der Waals surface area contributed by atoms with Gasteiger partial charge in [0.2, 0.25) is 0 Å². The summed E-state index contributed by atoms with van der Waals surface area (Å²) in [5, 5.41) is 49.2. The quantitative estimate of drug-likeness (QED) is 0.0696. The normalized spacial score (nSPS) is 20.7. The van der Waals surface area contributed by atoms with Crippen molar-refractivity contribution in [1.29, 1.82) is 21.0 Å². The zero-order valence-electron chi connectivity index (χ0n) is 34.6. The molecule has 3 aliphatic rings. The molecule has 0 saturated heterocycles. The van der Waals surface area contributed by atoms with Crippen molar-refractivity contribution >= 4 is 17.9 Å². The lowest BCUT2D eigenvalue weighted by Crippen LogP contribution is -2.30. The van der Waals surface area contributed by atoms with Gasteiger partial charge in [0.1, 0.15) is 48.6 Å². The van der Waals surface area contributed by atoms with Crippen LogP contribution in [0.2, 0.25) is 0 Å². The third-order valence-electron chi connectivity index (χ3n) is 10.1. The van der Waals surface area contributed by atoms with Crippen LogP contribution in [0, 0.1) is 80.6 Å². The number of nitriles is 4. The van der Waals surface area contributed by atoms with Crippen molar-refractivity contribution in [1.82, 2.24) is 16.0 Å². The van der Waals surface area contributed by atoms with Gasteiger partial charge >= 0.3 is 17.9 Å². The highest BCUT2D eigenvalue weighted by molar-refractivity contribution is 5.96. The van der Waals surface area contributed by atoms with E-state index in [1.54, 1.807) is 21.1 Å². The molecule has 3 N–H and O–H groups in total. The lowest BCUT2D eigenvalue weighted by molar-refractivity contribution is -0.148. The number of rotatable bonds is 12. The van der Waals surface area contributed by atoms with Gasteiger partial charge in [-0.15, -0.1) is 0 Å². The lowest BCUT2D eigenvalue weighted by atomic mass is 9.73. The summed E-state index contributed by atoms with van der Waals surface area (Å²) < 4.78 is 16.7. The predicted molar refractivity (Wildman–Crippen MR) is 210 cm³/mol. The summed E-state index contributed by atoms with van der Waals surface area (Å²) in [5.41, 5.74) is 0.407. The van der Waals surface area contributed by atoms with E-state index < -0.39 is 76.7 Å². The van der Waals surface area contributed by atoms with Crippen LogP contribution in [-0.2, 0) is 28.6 Å². The third kappa shape index (κ3) is 10.5. The Kier molecular flexibility index (Phi) is 14.8. The highest BCUT2D eigenvalue weighted by Crippen LogP contribution is 2.45. The van der Waals surface area contributed by atoms with Gasteiger partial charge < -0.3 is 30.2 Å². The van der Waals surface area contributed by atoms with Gasteiger partial charge in [-0.25, -0.2) is 19.3 Å². The van der Waals surface area contributed by atoms with Gasteiger partial charge in [0.15, 0.2) is 5.70 Å². The van der Waals surface area contributed by atoms with Gasteiger partial charge in [0.25, 0.3) is 5.70 Å². The molecule has 0 unspecified atom stereocenters. The highest BCUT2D eigenvalue weighted by atomic mass is 16.6. The van der Waals surface area contributed by atoms with Crippen molar-refractivity contribution in [3.8, 4) is 24.3 Å². The first-order valence-corrected chi connectivity index (χ1v) is 18.6. The van der Waals surface area contributed by atoms with Gasteiger partial charge in [-0.05, 0) is 71.5 Å². The molecule has 0 heterocycles. The fourth-order valence-corrected chi connectivity index (χ4v) is 7.43. The Morgan fingerprint density at radius 3 is 1.31 bits per heavy atom. The highest BCUT2D eigenvalue weighted by Gasteiger charge is 2.37. The zero-order chi connectivity index (χ0) is 43.6. The Morgan fingerprint density at radius 1 is 0.621 bits per heavy atom. The Balaban J connectivity index is 2.03. The van der Waals surface area contributed by atoms with Crippen molar-refractivity contribution in [2.24, 2.45) is 22.2 Å². The molecule has 0 atom stereocenters. The number of nitrogens with one attached hydrogen (secondary N) is 3. The number of hydrogen-bond donors (Lipinski definition) is 3. The number of esters is 3. The van der Waals surface area contributed by atoms with E-state index in [9.17, 15) is 35.4 Å². The van der Waals surface area contributed by atoms with Crippen molar-refractivity contribution < 1.29 is 28.6 Å². The molecule has 0 radical (unpaired) electrons. The van der Waals surface area contributed by atoms with E-state index >= 15 is 0 Å². The summed E-state index contributed by atoms with van der Waals surface area (Å²) in [6.07, 6.45) is 2.24. The largest absolute Gasteiger partial charge is 0.470 e. The number of hydrogen-bond acceptors (Lipinski definition) is 13. The summed E-state index contributed by atoms with van der Waals surface area (Å²) in [7, 11) is 4.94. The molecule has 0 saturated carbocycles. The summed E-state index contributed by atoms with van der Waals surface area (Å²) in [4.78, 5) is 47.8. The minimum absolute atomic E-state index is 0.148. The topological polar surface area (TPSA) is 219 Å². The maximum Gasteiger partial charge on any atom is 0.349 e. The maximum atomic E-state index is 13.6.